The first kappa shape index (κ1) is 18.2. The van der Waals surface area contributed by atoms with Gasteiger partial charge in [0.25, 0.3) is 5.91 Å². The average molecular weight is 389 g/mol. The third-order valence-electron chi connectivity index (χ3n) is 4.04. The van der Waals surface area contributed by atoms with E-state index in [2.05, 4.69) is 15.5 Å². The summed E-state index contributed by atoms with van der Waals surface area (Å²) in [6.45, 7) is 0.123. The molecule has 3 aromatic rings. The van der Waals surface area contributed by atoms with Gasteiger partial charge in [0, 0.05) is 23.5 Å². The van der Waals surface area contributed by atoms with Crippen LogP contribution in [0.1, 0.15) is 26.3 Å². The van der Waals surface area contributed by atoms with Gasteiger partial charge in [-0.2, -0.15) is 5.10 Å². The van der Waals surface area contributed by atoms with E-state index in [-0.39, 0.29) is 12.7 Å². The SMILES string of the molecule is O=C(N/N=C/c1ccccc1OC(=O)c1ccc2c(c1)OCO2)c1ccncc1. The summed E-state index contributed by atoms with van der Waals surface area (Å²) in [6, 6.07) is 14.8. The number of hydrogen-bond donors (Lipinski definition) is 1. The molecule has 0 aliphatic carbocycles. The van der Waals surface area contributed by atoms with Crippen LogP contribution < -0.4 is 19.6 Å². The number of fused-ring (bicyclic) bond motifs is 1. The van der Waals surface area contributed by atoms with Crippen LogP contribution in [-0.4, -0.2) is 29.9 Å². The first-order valence-corrected chi connectivity index (χ1v) is 8.65. The molecule has 1 aromatic heterocycles. The normalized spacial score (nSPS) is 12.0. The van der Waals surface area contributed by atoms with Crippen molar-refractivity contribution in [3.8, 4) is 17.2 Å². The summed E-state index contributed by atoms with van der Waals surface area (Å²) in [6.07, 6.45) is 4.44. The van der Waals surface area contributed by atoms with Gasteiger partial charge in [0.05, 0.1) is 11.8 Å². The molecule has 0 fully saturated rings. The molecule has 0 unspecified atom stereocenters. The lowest BCUT2D eigenvalue weighted by atomic mass is 10.2. The molecule has 4 rings (SSSR count). The number of carbonyl (C=O) groups is 2. The van der Waals surface area contributed by atoms with Crippen LogP contribution in [0.25, 0.3) is 0 Å². The lowest BCUT2D eigenvalue weighted by Crippen LogP contribution is -2.17. The number of hydrazone groups is 1. The quantitative estimate of drug-likeness (QED) is 0.312. The topological polar surface area (TPSA) is 99.1 Å². The molecule has 2 aromatic carbocycles. The van der Waals surface area contributed by atoms with Gasteiger partial charge in [-0.25, -0.2) is 10.2 Å². The number of ether oxygens (including phenoxy) is 3. The van der Waals surface area contributed by atoms with Gasteiger partial charge in [-0.3, -0.25) is 9.78 Å². The van der Waals surface area contributed by atoms with E-state index in [9.17, 15) is 9.59 Å². The molecular weight excluding hydrogens is 374 g/mol. The van der Waals surface area contributed by atoms with Crippen LogP contribution in [0.4, 0.5) is 0 Å². The fourth-order valence-corrected chi connectivity index (χ4v) is 2.59. The van der Waals surface area contributed by atoms with Crippen molar-refractivity contribution in [3.05, 3.63) is 83.7 Å². The first-order valence-electron chi connectivity index (χ1n) is 8.65. The summed E-state index contributed by atoms with van der Waals surface area (Å²) in [5.41, 5.74) is 3.70. The number of carbonyl (C=O) groups excluding carboxylic acids is 2. The molecule has 0 atom stereocenters. The third-order valence-corrected chi connectivity index (χ3v) is 4.04. The van der Waals surface area contributed by atoms with E-state index in [1.807, 2.05) is 0 Å². The van der Waals surface area contributed by atoms with Crippen molar-refractivity contribution < 1.29 is 23.8 Å². The van der Waals surface area contributed by atoms with E-state index in [4.69, 9.17) is 14.2 Å². The number of nitrogens with zero attached hydrogens (tertiary/aromatic N) is 2. The fraction of sp³-hybridized carbons (Fsp3) is 0.0476. The van der Waals surface area contributed by atoms with Crippen LogP contribution in [0.5, 0.6) is 17.2 Å². The molecule has 144 valence electrons. The van der Waals surface area contributed by atoms with Gasteiger partial charge in [-0.05, 0) is 42.5 Å². The Morgan fingerprint density at radius 2 is 1.79 bits per heavy atom. The molecule has 0 saturated heterocycles. The van der Waals surface area contributed by atoms with E-state index < -0.39 is 5.97 Å². The largest absolute Gasteiger partial charge is 0.454 e. The Morgan fingerprint density at radius 3 is 2.66 bits per heavy atom. The van der Waals surface area contributed by atoms with Gasteiger partial charge < -0.3 is 14.2 Å². The smallest absolute Gasteiger partial charge is 0.343 e. The fourth-order valence-electron chi connectivity index (χ4n) is 2.59. The van der Waals surface area contributed by atoms with Crippen molar-refractivity contribution in [1.82, 2.24) is 10.4 Å². The first-order chi connectivity index (χ1) is 14.2. The van der Waals surface area contributed by atoms with E-state index in [0.717, 1.165) is 0 Å². The molecule has 0 radical (unpaired) electrons. The predicted molar refractivity (Wildman–Crippen MR) is 103 cm³/mol. The summed E-state index contributed by atoms with van der Waals surface area (Å²) in [7, 11) is 0. The molecule has 1 amide bonds. The molecule has 29 heavy (non-hydrogen) atoms. The second-order valence-corrected chi connectivity index (χ2v) is 5.93. The summed E-state index contributed by atoms with van der Waals surface area (Å²) in [5, 5.41) is 3.93. The predicted octanol–water partition coefficient (Wildman–Crippen LogP) is 2.79. The molecule has 0 bridgehead atoms. The Morgan fingerprint density at radius 1 is 1.00 bits per heavy atom. The average Bonchev–Trinajstić information content (AvgIpc) is 3.23. The lowest BCUT2D eigenvalue weighted by Gasteiger charge is -2.08. The minimum Gasteiger partial charge on any atom is -0.454 e. The van der Waals surface area contributed by atoms with E-state index >= 15 is 0 Å². The van der Waals surface area contributed by atoms with E-state index in [1.54, 1.807) is 54.6 Å². The van der Waals surface area contributed by atoms with Crippen LogP contribution in [0.2, 0.25) is 0 Å². The Bertz CT molecular complexity index is 1080. The highest BCUT2D eigenvalue weighted by molar-refractivity contribution is 5.96. The lowest BCUT2D eigenvalue weighted by molar-refractivity contribution is 0.0733. The molecular formula is C21H15N3O5. The summed E-state index contributed by atoms with van der Waals surface area (Å²) < 4.78 is 16.0. The number of benzene rings is 2. The molecule has 2 heterocycles. The molecule has 8 heteroatoms. The second-order valence-electron chi connectivity index (χ2n) is 5.93. The highest BCUT2D eigenvalue weighted by Crippen LogP contribution is 2.32. The van der Waals surface area contributed by atoms with Crippen molar-refractivity contribution in [2.45, 2.75) is 0 Å². The standard InChI is InChI=1S/C21H15N3O5/c25-20(14-7-9-22-10-8-14)24-23-12-16-3-1-2-4-17(16)29-21(26)15-5-6-18-19(11-15)28-13-27-18/h1-12H,13H2,(H,24,25)/b23-12+. The molecule has 1 aliphatic rings. The molecule has 1 N–H and O–H groups in total. The zero-order valence-corrected chi connectivity index (χ0v) is 15.1. The molecule has 0 spiro atoms. The van der Waals surface area contributed by atoms with Crippen LogP contribution in [-0.2, 0) is 0 Å². The molecule has 1 aliphatic heterocycles. The maximum absolute atomic E-state index is 12.5. The molecule has 8 nitrogen and oxygen atoms in total. The van der Waals surface area contributed by atoms with Crippen molar-refractivity contribution >= 4 is 18.1 Å². The summed E-state index contributed by atoms with van der Waals surface area (Å²) in [4.78, 5) is 28.4. The number of para-hydroxylation sites is 1. The Kier molecular flexibility index (Phi) is 5.15. The zero-order valence-electron chi connectivity index (χ0n) is 15.1. The highest BCUT2D eigenvalue weighted by atomic mass is 16.7. The number of nitrogens with one attached hydrogen (secondary N) is 1. The molecule has 0 saturated carbocycles. The minimum atomic E-state index is -0.551. The minimum absolute atomic E-state index is 0.123. The summed E-state index contributed by atoms with van der Waals surface area (Å²) in [5.74, 6) is 0.452. The van der Waals surface area contributed by atoms with Gasteiger partial charge in [0.15, 0.2) is 11.5 Å². The van der Waals surface area contributed by atoms with Crippen molar-refractivity contribution in [1.29, 1.82) is 0 Å². The van der Waals surface area contributed by atoms with Gasteiger partial charge in [0.2, 0.25) is 6.79 Å². The number of hydrogen-bond acceptors (Lipinski definition) is 7. The zero-order chi connectivity index (χ0) is 20.1. The van der Waals surface area contributed by atoms with Crippen LogP contribution in [0, 0.1) is 0 Å². The number of amides is 1. The third kappa shape index (κ3) is 4.22. The highest BCUT2D eigenvalue weighted by Gasteiger charge is 2.18. The van der Waals surface area contributed by atoms with E-state index in [1.165, 1.54) is 18.6 Å². The second kappa shape index (κ2) is 8.22. The van der Waals surface area contributed by atoms with Gasteiger partial charge in [0.1, 0.15) is 5.75 Å². The maximum Gasteiger partial charge on any atom is 0.343 e. The van der Waals surface area contributed by atoms with Gasteiger partial charge in [-0.15, -0.1) is 0 Å². The Hall–Kier alpha value is -4.20. The Balaban J connectivity index is 1.45. The van der Waals surface area contributed by atoms with Crippen molar-refractivity contribution in [2.75, 3.05) is 6.79 Å². The summed E-state index contributed by atoms with van der Waals surface area (Å²) >= 11 is 0. The number of rotatable bonds is 5. The van der Waals surface area contributed by atoms with Crippen molar-refractivity contribution in [2.24, 2.45) is 5.10 Å². The number of esters is 1. The maximum atomic E-state index is 12.5. The van der Waals surface area contributed by atoms with E-state index in [0.29, 0.717) is 33.9 Å². The number of pyridine rings is 1. The van der Waals surface area contributed by atoms with Crippen LogP contribution in [0.15, 0.2) is 72.1 Å². The van der Waals surface area contributed by atoms with Crippen molar-refractivity contribution in [3.63, 3.8) is 0 Å². The van der Waals surface area contributed by atoms with Gasteiger partial charge >= 0.3 is 5.97 Å². The number of aromatic nitrogens is 1. The van der Waals surface area contributed by atoms with Crippen LogP contribution >= 0.6 is 0 Å². The Labute approximate surface area is 165 Å². The monoisotopic (exact) mass is 389 g/mol. The van der Waals surface area contributed by atoms with Gasteiger partial charge in [-0.1, -0.05) is 12.1 Å². The van der Waals surface area contributed by atoms with Crippen LogP contribution in [0.3, 0.4) is 0 Å².